The molecule has 0 bridgehead atoms. The first-order valence-corrected chi connectivity index (χ1v) is 11.2. The number of halogens is 1. The van der Waals surface area contributed by atoms with E-state index in [2.05, 4.69) is 4.90 Å². The number of likely N-dealkylation sites (N-methyl/N-ethyl adjacent to an activating group) is 1. The lowest BCUT2D eigenvalue weighted by Gasteiger charge is -2.43. The molecule has 1 spiro atoms. The molecule has 1 aromatic carbocycles. The van der Waals surface area contributed by atoms with Gasteiger partial charge in [-0.15, -0.1) is 0 Å². The number of imide groups is 1. The number of rotatable bonds is 5. The Morgan fingerprint density at radius 1 is 1.20 bits per heavy atom. The number of ether oxygens (including phenoxy) is 2. The van der Waals surface area contributed by atoms with Crippen molar-refractivity contribution in [2.75, 3.05) is 51.4 Å². The summed E-state index contributed by atoms with van der Waals surface area (Å²) in [5.74, 6) is 0.975. The van der Waals surface area contributed by atoms with E-state index in [1.54, 1.807) is 23.1 Å². The molecule has 3 saturated heterocycles. The zero-order valence-electron chi connectivity index (χ0n) is 17.7. The normalized spacial score (nSPS) is 22.9. The van der Waals surface area contributed by atoms with Gasteiger partial charge in [0.2, 0.25) is 0 Å². The second kappa shape index (κ2) is 8.73. The molecule has 0 N–H and O–H groups in total. The quantitative estimate of drug-likeness (QED) is 0.663. The number of methoxy groups -OCH3 is 1. The lowest BCUT2D eigenvalue weighted by Crippen LogP contribution is -2.57. The van der Waals surface area contributed by atoms with E-state index >= 15 is 0 Å². The Balaban J connectivity index is 1.52. The van der Waals surface area contributed by atoms with E-state index in [9.17, 15) is 9.59 Å². The summed E-state index contributed by atoms with van der Waals surface area (Å²) < 4.78 is 10.7. The van der Waals surface area contributed by atoms with Gasteiger partial charge in [0.1, 0.15) is 11.3 Å². The highest BCUT2D eigenvalue weighted by Gasteiger charge is 2.57. The highest BCUT2D eigenvalue weighted by atomic mass is 35.5. The molecule has 0 aliphatic carbocycles. The van der Waals surface area contributed by atoms with E-state index in [0.29, 0.717) is 41.8 Å². The Kier molecular flexibility index (Phi) is 6.23. The Morgan fingerprint density at radius 2 is 1.90 bits per heavy atom. The maximum atomic E-state index is 13.6. The Labute approximate surface area is 182 Å². The van der Waals surface area contributed by atoms with Crippen LogP contribution >= 0.6 is 11.6 Å². The monoisotopic (exact) mass is 435 g/mol. The highest BCUT2D eigenvalue weighted by Crippen LogP contribution is 2.41. The molecule has 3 aliphatic rings. The van der Waals surface area contributed by atoms with Crippen molar-refractivity contribution in [1.82, 2.24) is 9.80 Å². The highest BCUT2D eigenvalue weighted by molar-refractivity contribution is 6.32. The summed E-state index contributed by atoms with van der Waals surface area (Å²) in [5, 5.41) is 0.448. The van der Waals surface area contributed by atoms with Gasteiger partial charge in [-0.25, -0.2) is 9.69 Å². The molecular formula is C22H30ClN3O4. The maximum absolute atomic E-state index is 13.6. The number of carbonyl (C=O) groups excluding carboxylic acids is 2. The molecular weight excluding hydrogens is 406 g/mol. The third-order valence-corrected chi connectivity index (χ3v) is 7.10. The summed E-state index contributed by atoms with van der Waals surface area (Å²) in [6, 6.07) is 4.76. The second-order valence-electron chi connectivity index (χ2n) is 8.37. The van der Waals surface area contributed by atoms with Crippen LogP contribution in [0.25, 0.3) is 0 Å². The maximum Gasteiger partial charge on any atom is 0.332 e. The van der Waals surface area contributed by atoms with E-state index in [0.717, 1.165) is 45.7 Å². The van der Waals surface area contributed by atoms with Gasteiger partial charge in [0, 0.05) is 45.5 Å². The first kappa shape index (κ1) is 21.4. The average molecular weight is 436 g/mol. The molecule has 1 aromatic rings. The molecule has 4 rings (SSSR count). The van der Waals surface area contributed by atoms with E-state index in [1.807, 2.05) is 6.92 Å². The molecule has 3 fully saturated rings. The summed E-state index contributed by atoms with van der Waals surface area (Å²) in [6.45, 7) is 6.83. The average Bonchev–Trinajstić information content (AvgIpc) is 2.97. The van der Waals surface area contributed by atoms with E-state index in [-0.39, 0.29) is 11.9 Å². The lowest BCUT2D eigenvalue weighted by molar-refractivity contribution is -0.127. The SMILES string of the molecule is CCN1C(=O)N(c2ccc(Cl)c(OC)c2)C(=O)C12CCN(CC1CCOCC1)CC2. The van der Waals surface area contributed by atoms with Gasteiger partial charge in [-0.2, -0.15) is 0 Å². The number of nitrogens with zero attached hydrogens (tertiary/aromatic N) is 3. The van der Waals surface area contributed by atoms with Crippen molar-refractivity contribution in [3.05, 3.63) is 23.2 Å². The number of likely N-dealkylation sites (tertiary alicyclic amines) is 1. The molecule has 7 nitrogen and oxygen atoms in total. The van der Waals surface area contributed by atoms with Crippen LogP contribution < -0.4 is 9.64 Å². The van der Waals surface area contributed by atoms with Gasteiger partial charge in [-0.05, 0) is 50.7 Å². The van der Waals surface area contributed by atoms with Gasteiger partial charge < -0.3 is 19.3 Å². The van der Waals surface area contributed by atoms with Gasteiger partial charge in [0.25, 0.3) is 5.91 Å². The number of carbonyl (C=O) groups is 2. The van der Waals surface area contributed by atoms with E-state index < -0.39 is 5.54 Å². The summed E-state index contributed by atoms with van der Waals surface area (Å²) in [5.41, 5.74) is -0.253. The van der Waals surface area contributed by atoms with Crippen LogP contribution in [0.15, 0.2) is 18.2 Å². The number of anilines is 1. The van der Waals surface area contributed by atoms with E-state index in [1.165, 1.54) is 12.0 Å². The van der Waals surface area contributed by atoms with Crippen LogP contribution in [0.1, 0.15) is 32.6 Å². The van der Waals surface area contributed by atoms with Crippen LogP contribution in [-0.4, -0.2) is 73.8 Å². The summed E-state index contributed by atoms with van der Waals surface area (Å²) in [7, 11) is 1.52. The summed E-state index contributed by atoms with van der Waals surface area (Å²) >= 11 is 6.13. The predicted molar refractivity (Wildman–Crippen MR) is 115 cm³/mol. The van der Waals surface area contributed by atoms with Crippen LogP contribution in [0.3, 0.4) is 0 Å². The predicted octanol–water partition coefficient (Wildman–Crippen LogP) is 3.40. The number of hydrogen-bond donors (Lipinski definition) is 0. The van der Waals surface area contributed by atoms with Crippen LogP contribution in [-0.2, 0) is 9.53 Å². The fourth-order valence-corrected chi connectivity index (χ4v) is 5.25. The molecule has 0 saturated carbocycles. The molecule has 3 heterocycles. The van der Waals surface area contributed by atoms with Crippen LogP contribution in [0.2, 0.25) is 5.02 Å². The zero-order chi connectivity index (χ0) is 21.3. The fraction of sp³-hybridized carbons (Fsp3) is 0.636. The third kappa shape index (κ3) is 3.67. The molecule has 0 radical (unpaired) electrons. The molecule has 0 aromatic heterocycles. The minimum absolute atomic E-state index is 0.135. The number of amides is 3. The summed E-state index contributed by atoms with van der Waals surface area (Å²) in [6.07, 6.45) is 3.53. The first-order chi connectivity index (χ1) is 14.5. The van der Waals surface area contributed by atoms with Crippen LogP contribution in [0.5, 0.6) is 5.75 Å². The van der Waals surface area contributed by atoms with E-state index in [4.69, 9.17) is 21.1 Å². The van der Waals surface area contributed by atoms with Gasteiger partial charge in [-0.3, -0.25) is 4.79 Å². The minimum atomic E-state index is -0.759. The molecule has 0 atom stereocenters. The number of benzene rings is 1. The molecule has 3 aliphatic heterocycles. The first-order valence-electron chi connectivity index (χ1n) is 10.8. The van der Waals surface area contributed by atoms with Crippen molar-refractivity contribution >= 4 is 29.2 Å². The van der Waals surface area contributed by atoms with Crippen LogP contribution in [0, 0.1) is 5.92 Å². The second-order valence-corrected chi connectivity index (χ2v) is 8.78. The smallest absolute Gasteiger partial charge is 0.332 e. The van der Waals surface area contributed by atoms with Gasteiger partial charge in [0.05, 0.1) is 17.8 Å². The largest absolute Gasteiger partial charge is 0.495 e. The van der Waals surface area contributed by atoms with Gasteiger partial charge in [-0.1, -0.05) is 11.6 Å². The molecule has 0 unspecified atom stereocenters. The Hall–Kier alpha value is -1.83. The lowest BCUT2D eigenvalue weighted by atomic mass is 9.85. The number of hydrogen-bond acceptors (Lipinski definition) is 5. The number of urea groups is 1. The van der Waals surface area contributed by atoms with Crippen molar-refractivity contribution in [1.29, 1.82) is 0 Å². The van der Waals surface area contributed by atoms with Crippen molar-refractivity contribution in [2.45, 2.75) is 38.1 Å². The van der Waals surface area contributed by atoms with Crippen molar-refractivity contribution in [3.8, 4) is 5.75 Å². The Bertz CT molecular complexity index is 804. The van der Waals surface area contributed by atoms with Gasteiger partial charge in [0.15, 0.2) is 0 Å². The van der Waals surface area contributed by atoms with Gasteiger partial charge >= 0.3 is 6.03 Å². The zero-order valence-corrected chi connectivity index (χ0v) is 18.5. The third-order valence-electron chi connectivity index (χ3n) is 6.79. The molecule has 30 heavy (non-hydrogen) atoms. The minimum Gasteiger partial charge on any atom is -0.495 e. The molecule has 164 valence electrons. The number of piperidine rings is 1. The van der Waals surface area contributed by atoms with Crippen molar-refractivity contribution in [2.24, 2.45) is 5.92 Å². The van der Waals surface area contributed by atoms with Crippen LogP contribution in [0.4, 0.5) is 10.5 Å². The standard InChI is InChI=1S/C22H30ClN3O4/c1-3-25-21(28)26(17-4-5-18(23)19(14-17)29-2)20(27)22(25)8-10-24(11-9-22)15-16-6-12-30-13-7-16/h4-5,14,16H,3,6-13,15H2,1-2H3. The topological polar surface area (TPSA) is 62.3 Å². The Morgan fingerprint density at radius 3 is 2.53 bits per heavy atom. The van der Waals surface area contributed by atoms with Crippen molar-refractivity contribution < 1.29 is 19.1 Å². The molecule has 3 amide bonds. The summed E-state index contributed by atoms with van der Waals surface area (Å²) in [4.78, 5) is 32.3. The van der Waals surface area contributed by atoms with Crippen molar-refractivity contribution in [3.63, 3.8) is 0 Å². The fourth-order valence-electron chi connectivity index (χ4n) is 5.05. The molecule has 8 heteroatoms.